The van der Waals surface area contributed by atoms with Gasteiger partial charge in [-0.05, 0) is 37.1 Å². The largest absolute Gasteiger partial charge is 0.354 e. The number of hydrogen-bond donors (Lipinski definition) is 2. The molecule has 1 aliphatic carbocycles. The van der Waals surface area contributed by atoms with E-state index in [0.29, 0.717) is 12.1 Å². The van der Waals surface area contributed by atoms with E-state index in [1.54, 1.807) is 0 Å². The highest BCUT2D eigenvalue weighted by Crippen LogP contribution is 2.19. The van der Waals surface area contributed by atoms with Gasteiger partial charge in [0, 0.05) is 24.7 Å². The second-order valence-electron chi connectivity index (χ2n) is 6.52. The van der Waals surface area contributed by atoms with Crippen LogP contribution in [0.4, 0.5) is 0 Å². The van der Waals surface area contributed by atoms with Crippen LogP contribution < -0.4 is 10.6 Å². The molecule has 3 rings (SSSR count). The van der Waals surface area contributed by atoms with Gasteiger partial charge >= 0.3 is 0 Å². The summed E-state index contributed by atoms with van der Waals surface area (Å²) in [5.74, 6) is -0.480. The van der Waals surface area contributed by atoms with E-state index in [4.69, 9.17) is 0 Å². The summed E-state index contributed by atoms with van der Waals surface area (Å²) < 4.78 is 26.3. The van der Waals surface area contributed by atoms with Crippen LogP contribution in [0.3, 0.4) is 0 Å². The van der Waals surface area contributed by atoms with Gasteiger partial charge in [-0.2, -0.15) is 4.31 Å². The molecule has 136 valence electrons. The topological polar surface area (TPSA) is 95.6 Å². The molecule has 25 heavy (non-hydrogen) atoms. The molecule has 8 heteroatoms. The Bertz CT molecular complexity index is 740. The van der Waals surface area contributed by atoms with Crippen LogP contribution in [0.15, 0.2) is 29.2 Å². The molecule has 0 atom stereocenters. The van der Waals surface area contributed by atoms with Crippen molar-refractivity contribution in [3.63, 3.8) is 0 Å². The summed E-state index contributed by atoms with van der Waals surface area (Å²) in [5, 5.41) is 5.61. The van der Waals surface area contributed by atoms with Crippen LogP contribution in [0.25, 0.3) is 0 Å². The number of benzene rings is 1. The molecule has 1 aliphatic heterocycles. The van der Waals surface area contributed by atoms with E-state index in [0.717, 1.165) is 30.0 Å². The first kappa shape index (κ1) is 17.9. The molecule has 0 unspecified atom stereocenters. The second-order valence-corrected chi connectivity index (χ2v) is 8.46. The number of hydrogen-bond acceptors (Lipinski definition) is 4. The highest BCUT2D eigenvalue weighted by Gasteiger charge is 2.29. The molecular weight excluding hydrogens is 342 g/mol. The van der Waals surface area contributed by atoms with Crippen LogP contribution in [0.5, 0.6) is 0 Å². The summed E-state index contributed by atoms with van der Waals surface area (Å²) in [5.41, 5.74) is 0.445. The second kappa shape index (κ2) is 7.53. The third-order valence-electron chi connectivity index (χ3n) is 4.70. The van der Waals surface area contributed by atoms with Gasteiger partial charge in [0.2, 0.25) is 15.9 Å². The van der Waals surface area contributed by atoms with Crippen LogP contribution >= 0.6 is 0 Å². The maximum atomic E-state index is 12.6. The Hall–Kier alpha value is -1.93. The Labute approximate surface area is 147 Å². The zero-order chi connectivity index (χ0) is 17.9. The van der Waals surface area contributed by atoms with Gasteiger partial charge in [0.15, 0.2) is 0 Å². The van der Waals surface area contributed by atoms with Gasteiger partial charge in [-0.25, -0.2) is 8.42 Å². The quantitative estimate of drug-likeness (QED) is 0.828. The SMILES string of the molecule is O=C1CN(S(=O)(=O)c2ccc(C(=O)NC3CCCCC3)cc2)CCN1. The lowest BCUT2D eigenvalue weighted by molar-refractivity contribution is -0.122. The van der Waals surface area contributed by atoms with Crippen LogP contribution in [0, 0.1) is 0 Å². The minimum atomic E-state index is -3.72. The third-order valence-corrected chi connectivity index (χ3v) is 6.56. The van der Waals surface area contributed by atoms with E-state index < -0.39 is 10.0 Å². The molecule has 1 saturated carbocycles. The molecule has 0 aromatic heterocycles. The zero-order valence-corrected chi connectivity index (χ0v) is 14.8. The van der Waals surface area contributed by atoms with Gasteiger partial charge in [-0.1, -0.05) is 19.3 Å². The van der Waals surface area contributed by atoms with E-state index in [1.807, 2.05) is 0 Å². The van der Waals surface area contributed by atoms with E-state index in [9.17, 15) is 18.0 Å². The number of rotatable bonds is 4. The minimum Gasteiger partial charge on any atom is -0.354 e. The van der Waals surface area contributed by atoms with Gasteiger partial charge in [0.25, 0.3) is 5.91 Å². The van der Waals surface area contributed by atoms with Gasteiger partial charge in [0.05, 0.1) is 11.4 Å². The summed E-state index contributed by atoms with van der Waals surface area (Å²) in [7, 11) is -3.72. The van der Waals surface area contributed by atoms with E-state index in [-0.39, 0.29) is 35.8 Å². The first-order chi connectivity index (χ1) is 12.0. The van der Waals surface area contributed by atoms with Crippen molar-refractivity contribution >= 4 is 21.8 Å². The van der Waals surface area contributed by atoms with Crippen LogP contribution in [-0.4, -0.2) is 50.2 Å². The smallest absolute Gasteiger partial charge is 0.251 e. The molecule has 2 fully saturated rings. The summed E-state index contributed by atoms with van der Waals surface area (Å²) in [6.45, 7) is 0.379. The van der Waals surface area contributed by atoms with E-state index >= 15 is 0 Å². The Morgan fingerprint density at radius 3 is 2.44 bits per heavy atom. The number of nitrogens with one attached hydrogen (secondary N) is 2. The average Bonchev–Trinajstić information content (AvgIpc) is 2.62. The van der Waals surface area contributed by atoms with Crippen molar-refractivity contribution in [2.75, 3.05) is 19.6 Å². The molecule has 0 bridgehead atoms. The molecule has 0 spiro atoms. The predicted octanol–water partition coefficient (Wildman–Crippen LogP) is 0.870. The monoisotopic (exact) mass is 365 g/mol. The molecular formula is C17H23N3O4S. The maximum absolute atomic E-state index is 12.6. The Kier molecular flexibility index (Phi) is 5.39. The lowest BCUT2D eigenvalue weighted by Crippen LogP contribution is -2.49. The lowest BCUT2D eigenvalue weighted by Gasteiger charge is -2.26. The highest BCUT2D eigenvalue weighted by molar-refractivity contribution is 7.89. The molecule has 1 aromatic carbocycles. The summed E-state index contributed by atoms with van der Waals surface area (Å²) >= 11 is 0. The Morgan fingerprint density at radius 2 is 1.80 bits per heavy atom. The number of amides is 2. The maximum Gasteiger partial charge on any atom is 0.251 e. The van der Waals surface area contributed by atoms with Crippen molar-refractivity contribution in [2.24, 2.45) is 0 Å². The van der Waals surface area contributed by atoms with Crippen molar-refractivity contribution in [3.8, 4) is 0 Å². The molecule has 2 aliphatic rings. The van der Waals surface area contributed by atoms with Gasteiger partial charge in [0.1, 0.15) is 0 Å². The van der Waals surface area contributed by atoms with Crippen molar-refractivity contribution < 1.29 is 18.0 Å². The summed E-state index contributed by atoms with van der Waals surface area (Å²) in [6, 6.07) is 6.11. The van der Waals surface area contributed by atoms with Crippen LogP contribution in [-0.2, 0) is 14.8 Å². The molecule has 1 heterocycles. The number of carbonyl (C=O) groups is 2. The standard InChI is InChI=1S/C17H23N3O4S/c21-16-12-20(11-10-18-16)25(23,24)15-8-6-13(7-9-15)17(22)19-14-4-2-1-3-5-14/h6-9,14H,1-5,10-12H2,(H,18,21)(H,19,22). The number of piperazine rings is 1. The molecule has 0 radical (unpaired) electrons. The first-order valence-corrected chi connectivity index (χ1v) is 10.1. The average molecular weight is 365 g/mol. The fourth-order valence-electron chi connectivity index (χ4n) is 3.26. The fraction of sp³-hybridized carbons (Fsp3) is 0.529. The third kappa shape index (κ3) is 4.19. The van der Waals surface area contributed by atoms with E-state index in [1.165, 1.54) is 30.7 Å². The van der Waals surface area contributed by atoms with Crippen LogP contribution in [0.1, 0.15) is 42.5 Å². The van der Waals surface area contributed by atoms with Gasteiger partial charge in [-0.3, -0.25) is 9.59 Å². The first-order valence-electron chi connectivity index (χ1n) is 8.64. The number of sulfonamides is 1. The number of carbonyl (C=O) groups excluding carboxylic acids is 2. The van der Waals surface area contributed by atoms with E-state index in [2.05, 4.69) is 10.6 Å². The van der Waals surface area contributed by atoms with Crippen LogP contribution in [0.2, 0.25) is 0 Å². The summed E-state index contributed by atoms with van der Waals surface area (Å²) in [4.78, 5) is 23.8. The molecule has 2 amide bonds. The molecule has 1 saturated heterocycles. The fourth-order valence-corrected chi connectivity index (χ4v) is 4.66. The lowest BCUT2D eigenvalue weighted by atomic mass is 9.95. The number of nitrogens with zero attached hydrogens (tertiary/aromatic N) is 1. The zero-order valence-electron chi connectivity index (χ0n) is 14.0. The van der Waals surface area contributed by atoms with Gasteiger partial charge in [-0.15, -0.1) is 0 Å². The Balaban J connectivity index is 1.68. The molecule has 7 nitrogen and oxygen atoms in total. The highest BCUT2D eigenvalue weighted by atomic mass is 32.2. The van der Waals surface area contributed by atoms with Crippen molar-refractivity contribution in [3.05, 3.63) is 29.8 Å². The molecule has 1 aromatic rings. The van der Waals surface area contributed by atoms with Crippen molar-refractivity contribution in [1.29, 1.82) is 0 Å². The summed E-state index contributed by atoms with van der Waals surface area (Å²) in [6.07, 6.45) is 5.47. The van der Waals surface area contributed by atoms with Gasteiger partial charge < -0.3 is 10.6 Å². The minimum absolute atomic E-state index is 0.0939. The predicted molar refractivity (Wildman–Crippen MR) is 92.5 cm³/mol. The van der Waals surface area contributed by atoms with Crippen molar-refractivity contribution in [2.45, 2.75) is 43.0 Å². The molecule has 2 N–H and O–H groups in total. The van der Waals surface area contributed by atoms with Crippen molar-refractivity contribution in [1.82, 2.24) is 14.9 Å². The Morgan fingerprint density at radius 1 is 1.12 bits per heavy atom. The normalized spacial score (nSPS) is 20.1.